The lowest BCUT2D eigenvalue weighted by Gasteiger charge is -2.07. The van der Waals surface area contributed by atoms with Crippen LogP contribution >= 0.6 is 15.9 Å². The molecule has 0 saturated carbocycles. The van der Waals surface area contributed by atoms with Gasteiger partial charge in [0.1, 0.15) is 0 Å². The van der Waals surface area contributed by atoms with Crippen LogP contribution < -0.4 is 5.32 Å². The van der Waals surface area contributed by atoms with Gasteiger partial charge < -0.3 is 5.32 Å². The van der Waals surface area contributed by atoms with Gasteiger partial charge in [-0.25, -0.2) is 0 Å². The molecule has 0 saturated heterocycles. The molecule has 2 aromatic rings. The third-order valence-electron chi connectivity index (χ3n) is 3.00. The molecule has 0 aromatic heterocycles. The molecular weight excluding hydrogens is 262 g/mol. The van der Waals surface area contributed by atoms with Crippen molar-refractivity contribution in [1.29, 1.82) is 0 Å². The monoisotopic (exact) mass is 273 g/mol. The fourth-order valence-electron chi connectivity index (χ4n) is 2.15. The molecule has 0 aliphatic carbocycles. The van der Waals surface area contributed by atoms with E-state index in [-0.39, 0.29) is 0 Å². The summed E-state index contributed by atoms with van der Waals surface area (Å²) < 4.78 is 1.15. The molecule has 2 heteroatoms. The Kier molecular flexibility index (Phi) is 2.44. The van der Waals surface area contributed by atoms with Crippen molar-refractivity contribution in [3.8, 4) is 11.1 Å². The minimum atomic E-state index is 1.06. The van der Waals surface area contributed by atoms with Crippen molar-refractivity contribution in [2.45, 2.75) is 6.42 Å². The topological polar surface area (TPSA) is 12.0 Å². The van der Waals surface area contributed by atoms with Crippen LogP contribution in [0.25, 0.3) is 11.1 Å². The molecule has 1 aliphatic heterocycles. The van der Waals surface area contributed by atoms with Crippen LogP contribution in [0.4, 0.5) is 5.69 Å². The van der Waals surface area contributed by atoms with Gasteiger partial charge in [0, 0.05) is 16.7 Å². The van der Waals surface area contributed by atoms with Crippen LogP contribution in [-0.2, 0) is 6.42 Å². The molecule has 80 valence electrons. The zero-order chi connectivity index (χ0) is 11.0. The lowest BCUT2D eigenvalue weighted by Crippen LogP contribution is -1.91. The van der Waals surface area contributed by atoms with E-state index in [2.05, 4.69) is 57.6 Å². The van der Waals surface area contributed by atoms with Crippen LogP contribution in [0, 0.1) is 0 Å². The molecule has 1 nitrogen and oxygen atoms in total. The van der Waals surface area contributed by atoms with Crippen LogP contribution in [0.1, 0.15) is 5.56 Å². The second-order valence-electron chi connectivity index (χ2n) is 4.03. The lowest BCUT2D eigenvalue weighted by atomic mass is 10.0. The van der Waals surface area contributed by atoms with E-state index in [9.17, 15) is 0 Å². The zero-order valence-corrected chi connectivity index (χ0v) is 10.4. The Hall–Kier alpha value is -1.28. The molecule has 0 bridgehead atoms. The van der Waals surface area contributed by atoms with Crippen LogP contribution in [0.15, 0.2) is 46.9 Å². The first-order chi connectivity index (χ1) is 7.84. The average molecular weight is 274 g/mol. The Morgan fingerprint density at radius 2 is 1.94 bits per heavy atom. The number of anilines is 1. The van der Waals surface area contributed by atoms with Crippen molar-refractivity contribution in [3.63, 3.8) is 0 Å². The van der Waals surface area contributed by atoms with Gasteiger partial charge in [-0.2, -0.15) is 0 Å². The fraction of sp³-hybridized carbons (Fsp3) is 0.143. The molecule has 0 amide bonds. The second kappa shape index (κ2) is 3.95. The highest BCUT2D eigenvalue weighted by Gasteiger charge is 2.11. The summed E-state index contributed by atoms with van der Waals surface area (Å²) in [5.41, 5.74) is 5.23. The number of benzene rings is 2. The van der Waals surface area contributed by atoms with Gasteiger partial charge in [-0.1, -0.05) is 46.3 Å². The third-order valence-corrected chi connectivity index (χ3v) is 3.70. The Labute approximate surface area is 104 Å². The third kappa shape index (κ3) is 1.63. The first-order valence-corrected chi connectivity index (χ1v) is 6.25. The van der Waals surface area contributed by atoms with E-state index < -0.39 is 0 Å². The van der Waals surface area contributed by atoms with Crippen molar-refractivity contribution >= 4 is 21.6 Å². The number of rotatable bonds is 1. The van der Waals surface area contributed by atoms with Gasteiger partial charge >= 0.3 is 0 Å². The average Bonchev–Trinajstić information content (AvgIpc) is 2.76. The first kappa shape index (κ1) is 9.91. The molecule has 2 aromatic carbocycles. The minimum absolute atomic E-state index is 1.06. The summed E-state index contributed by atoms with van der Waals surface area (Å²) in [6, 6.07) is 15.0. The van der Waals surface area contributed by atoms with E-state index >= 15 is 0 Å². The molecule has 0 atom stereocenters. The Balaban J connectivity index is 2.11. The highest BCUT2D eigenvalue weighted by Crippen LogP contribution is 2.32. The largest absolute Gasteiger partial charge is 0.384 e. The zero-order valence-electron chi connectivity index (χ0n) is 8.83. The van der Waals surface area contributed by atoms with E-state index in [0.717, 1.165) is 17.4 Å². The van der Waals surface area contributed by atoms with Crippen molar-refractivity contribution in [2.24, 2.45) is 0 Å². The maximum atomic E-state index is 3.59. The van der Waals surface area contributed by atoms with Gasteiger partial charge in [0.25, 0.3) is 0 Å². The Morgan fingerprint density at radius 1 is 1.06 bits per heavy atom. The van der Waals surface area contributed by atoms with Gasteiger partial charge in [0.05, 0.1) is 0 Å². The number of nitrogens with one attached hydrogen (secondary N) is 1. The maximum absolute atomic E-state index is 3.59. The summed E-state index contributed by atoms with van der Waals surface area (Å²) in [5, 5.41) is 3.41. The van der Waals surface area contributed by atoms with E-state index in [1.807, 2.05) is 6.07 Å². The van der Waals surface area contributed by atoms with Crippen LogP contribution in [0.2, 0.25) is 0 Å². The Bertz CT molecular complexity index is 534. The van der Waals surface area contributed by atoms with E-state index in [4.69, 9.17) is 0 Å². The number of hydrogen-bond donors (Lipinski definition) is 1. The summed E-state index contributed by atoms with van der Waals surface area (Å²) in [4.78, 5) is 0. The van der Waals surface area contributed by atoms with Gasteiger partial charge in [-0.05, 0) is 35.2 Å². The van der Waals surface area contributed by atoms with E-state index in [0.29, 0.717) is 0 Å². The molecule has 1 N–H and O–H groups in total. The molecule has 16 heavy (non-hydrogen) atoms. The molecule has 1 aliphatic rings. The summed E-state index contributed by atoms with van der Waals surface area (Å²) in [6.45, 7) is 1.06. The molecule has 1 heterocycles. The quantitative estimate of drug-likeness (QED) is 0.826. The van der Waals surface area contributed by atoms with Crippen LogP contribution in [0.3, 0.4) is 0 Å². The number of halogens is 1. The van der Waals surface area contributed by atoms with Gasteiger partial charge in [-0.15, -0.1) is 0 Å². The molecule has 0 unspecified atom stereocenters. The van der Waals surface area contributed by atoms with E-state index in [1.54, 1.807) is 0 Å². The maximum Gasteiger partial charge on any atom is 0.0379 e. The van der Waals surface area contributed by atoms with Crippen molar-refractivity contribution in [3.05, 3.63) is 52.5 Å². The van der Waals surface area contributed by atoms with Gasteiger partial charge in [0.2, 0.25) is 0 Å². The predicted octanol–water partition coefficient (Wildman–Crippen LogP) is 4.08. The van der Waals surface area contributed by atoms with Crippen LogP contribution in [-0.4, -0.2) is 6.54 Å². The molecule has 0 fully saturated rings. The summed E-state index contributed by atoms with van der Waals surface area (Å²) in [5.74, 6) is 0. The first-order valence-electron chi connectivity index (χ1n) is 5.46. The van der Waals surface area contributed by atoms with Crippen molar-refractivity contribution in [2.75, 3.05) is 11.9 Å². The Morgan fingerprint density at radius 3 is 2.81 bits per heavy atom. The number of hydrogen-bond acceptors (Lipinski definition) is 1. The predicted molar refractivity (Wildman–Crippen MR) is 71.8 cm³/mol. The van der Waals surface area contributed by atoms with Crippen molar-refractivity contribution < 1.29 is 0 Å². The molecule has 0 radical (unpaired) electrons. The van der Waals surface area contributed by atoms with Gasteiger partial charge in [0.15, 0.2) is 0 Å². The fourth-order valence-corrected chi connectivity index (χ4v) is 2.67. The van der Waals surface area contributed by atoms with Crippen LogP contribution in [0.5, 0.6) is 0 Å². The second-order valence-corrected chi connectivity index (χ2v) is 4.88. The smallest absolute Gasteiger partial charge is 0.0379 e. The molecule has 0 spiro atoms. The molecular formula is C14H12BrN. The highest BCUT2D eigenvalue weighted by atomic mass is 79.9. The lowest BCUT2D eigenvalue weighted by molar-refractivity contribution is 1.11. The standard InChI is InChI=1S/C14H12BrN/c15-13-4-2-1-3-12(13)11-6-5-10-7-8-16-14(10)9-11/h1-6,9,16H,7-8H2. The summed E-state index contributed by atoms with van der Waals surface area (Å²) in [7, 11) is 0. The summed E-state index contributed by atoms with van der Waals surface area (Å²) in [6.07, 6.45) is 1.14. The van der Waals surface area contributed by atoms with E-state index in [1.165, 1.54) is 22.4 Å². The number of fused-ring (bicyclic) bond motifs is 1. The van der Waals surface area contributed by atoms with Gasteiger partial charge in [-0.3, -0.25) is 0 Å². The highest BCUT2D eigenvalue weighted by molar-refractivity contribution is 9.10. The normalized spacial score (nSPS) is 13.3. The molecule has 3 rings (SSSR count). The minimum Gasteiger partial charge on any atom is -0.384 e. The summed E-state index contributed by atoms with van der Waals surface area (Å²) >= 11 is 3.59. The SMILES string of the molecule is Brc1ccccc1-c1ccc2c(c1)NCC2. The van der Waals surface area contributed by atoms with Crippen molar-refractivity contribution in [1.82, 2.24) is 0 Å².